The third-order valence-electron chi connectivity index (χ3n) is 1.56. The van der Waals surface area contributed by atoms with Crippen LogP contribution in [-0.4, -0.2) is 0 Å². The molecule has 0 aliphatic heterocycles. The van der Waals surface area contributed by atoms with Crippen molar-refractivity contribution in [3.8, 4) is 0 Å². The van der Waals surface area contributed by atoms with Gasteiger partial charge in [-0.2, -0.15) is 0 Å². The van der Waals surface area contributed by atoms with E-state index in [0.29, 0.717) is 0 Å². The van der Waals surface area contributed by atoms with Crippen LogP contribution in [0.5, 0.6) is 0 Å². The first-order valence-electron chi connectivity index (χ1n) is 3.72. The van der Waals surface area contributed by atoms with Gasteiger partial charge in [0.2, 0.25) is 0 Å². The minimum Gasteiger partial charge on any atom is -0.0958 e. The number of hydrogen-bond acceptors (Lipinski definition) is 0. The predicted molar refractivity (Wildman–Crippen MR) is 48.0 cm³/mol. The lowest BCUT2D eigenvalue weighted by Gasteiger charge is -2.22. The summed E-state index contributed by atoms with van der Waals surface area (Å²) < 4.78 is 0. The Labute approximate surface area is 64.6 Å². The minimum atomic E-state index is 0.251. The highest BCUT2D eigenvalue weighted by molar-refractivity contribution is 5.30. The molecule has 0 aromatic carbocycles. The Balaban J connectivity index is 4.56. The van der Waals surface area contributed by atoms with Crippen molar-refractivity contribution in [3.63, 3.8) is 0 Å². The molecule has 0 aliphatic rings. The lowest BCUT2D eigenvalue weighted by atomic mass is 9.83. The summed E-state index contributed by atoms with van der Waals surface area (Å²) in [7, 11) is 0. The van der Waals surface area contributed by atoms with Crippen molar-refractivity contribution in [2.75, 3.05) is 0 Å². The second-order valence-electron chi connectivity index (χ2n) is 3.73. The molecular formula is C10H18. The molecule has 0 bridgehead atoms. The van der Waals surface area contributed by atoms with E-state index in [1.165, 1.54) is 11.1 Å². The number of hydrogen-bond donors (Lipinski definition) is 0. The summed E-state index contributed by atoms with van der Waals surface area (Å²) in [6, 6.07) is 0. The van der Waals surface area contributed by atoms with E-state index < -0.39 is 0 Å². The monoisotopic (exact) mass is 138 g/mol. The highest BCUT2D eigenvalue weighted by atomic mass is 14.2. The molecule has 0 heterocycles. The average Bonchev–Trinajstić information content (AvgIpc) is 1.60. The first-order chi connectivity index (χ1) is 4.39. The Morgan fingerprint density at radius 2 is 1.70 bits per heavy atom. The fraction of sp³-hybridized carbons (Fsp3) is 0.600. The molecule has 0 saturated carbocycles. The van der Waals surface area contributed by atoms with Crippen LogP contribution in [0.15, 0.2) is 23.8 Å². The zero-order chi connectivity index (χ0) is 8.36. The third-order valence-corrected chi connectivity index (χ3v) is 1.56. The van der Waals surface area contributed by atoms with E-state index >= 15 is 0 Å². The van der Waals surface area contributed by atoms with Gasteiger partial charge in [-0.1, -0.05) is 39.0 Å². The second kappa shape index (κ2) is 3.05. The average molecular weight is 138 g/mol. The van der Waals surface area contributed by atoms with Crippen molar-refractivity contribution in [1.82, 2.24) is 0 Å². The molecule has 0 fully saturated rings. The van der Waals surface area contributed by atoms with E-state index in [1.54, 1.807) is 0 Å². The first-order valence-corrected chi connectivity index (χ1v) is 3.72. The van der Waals surface area contributed by atoms with Crippen LogP contribution in [0, 0.1) is 5.41 Å². The van der Waals surface area contributed by atoms with Crippen molar-refractivity contribution in [2.45, 2.75) is 34.6 Å². The Kier molecular flexibility index (Phi) is 2.89. The van der Waals surface area contributed by atoms with E-state index in [1.807, 2.05) is 0 Å². The van der Waals surface area contributed by atoms with Gasteiger partial charge in [0.15, 0.2) is 0 Å². The van der Waals surface area contributed by atoms with Gasteiger partial charge >= 0.3 is 0 Å². The molecule has 0 spiro atoms. The van der Waals surface area contributed by atoms with Crippen molar-refractivity contribution < 1.29 is 0 Å². The molecule has 0 rings (SSSR count). The normalized spacial score (nSPS) is 13.5. The quantitative estimate of drug-likeness (QED) is 0.486. The molecule has 0 nitrogen and oxygen atoms in total. The fourth-order valence-corrected chi connectivity index (χ4v) is 1.32. The van der Waals surface area contributed by atoms with E-state index in [0.717, 1.165) is 0 Å². The SMILES string of the molecule is C=C(C)/C(=C\C)C(C)(C)C. The van der Waals surface area contributed by atoms with Gasteiger partial charge in [0.05, 0.1) is 0 Å². The summed E-state index contributed by atoms with van der Waals surface area (Å²) in [5, 5.41) is 0. The molecule has 0 radical (unpaired) electrons. The van der Waals surface area contributed by atoms with Gasteiger partial charge in [-0.05, 0) is 24.8 Å². The zero-order valence-electron chi connectivity index (χ0n) is 7.78. The standard InChI is InChI=1S/C10H18/c1-7-9(8(2)3)10(4,5)6/h7H,2H2,1,3-6H3/b9-7+. The van der Waals surface area contributed by atoms with Gasteiger partial charge in [0, 0.05) is 0 Å². The van der Waals surface area contributed by atoms with Gasteiger partial charge in [-0.25, -0.2) is 0 Å². The van der Waals surface area contributed by atoms with Crippen molar-refractivity contribution >= 4 is 0 Å². The van der Waals surface area contributed by atoms with E-state index in [9.17, 15) is 0 Å². The Hall–Kier alpha value is -0.520. The number of allylic oxidation sites excluding steroid dienone is 3. The van der Waals surface area contributed by atoms with Gasteiger partial charge < -0.3 is 0 Å². The summed E-state index contributed by atoms with van der Waals surface area (Å²) in [5.74, 6) is 0. The Bertz CT molecular complexity index is 153. The summed E-state index contributed by atoms with van der Waals surface area (Å²) in [6.45, 7) is 14.7. The van der Waals surface area contributed by atoms with Crippen LogP contribution in [0.25, 0.3) is 0 Å². The maximum atomic E-state index is 3.92. The molecule has 10 heavy (non-hydrogen) atoms. The Morgan fingerprint density at radius 3 is 1.70 bits per heavy atom. The van der Waals surface area contributed by atoms with Crippen molar-refractivity contribution in [2.24, 2.45) is 5.41 Å². The highest BCUT2D eigenvalue weighted by Crippen LogP contribution is 2.29. The summed E-state index contributed by atoms with van der Waals surface area (Å²) in [4.78, 5) is 0. The topological polar surface area (TPSA) is 0 Å². The molecule has 0 heteroatoms. The summed E-state index contributed by atoms with van der Waals surface area (Å²) >= 11 is 0. The maximum absolute atomic E-state index is 3.92. The van der Waals surface area contributed by atoms with Crippen LogP contribution in [-0.2, 0) is 0 Å². The molecule has 0 unspecified atom stereocenters. The molecule has 0 atom stereocenters. The van der Waals surface area contributed by atoms with Crippen LogP contribution in [0.3, 0.4) is 0 Å². The lowest BCUT2D eigenvalue weighted by Crippen LogP contribution is -2.09. The van der Waals surface area contributed by atoms with Crippen LogP contribution in [0.2, 0.25) is 0 Å². The molecule has 0 aliphatic carbocycles. The van der Waals surface area contributed by atoms with E-state index in [4.69, 9.17) is 0 Å². The maximum Gasteiger partial charge on any atom is -0.0133 e. The van der Waals surface area contributed by atoms with Gasteiger partial charge in [0.25, 0.3) is 0 Å². The smallest absolute Gasteiger partial charge is 0.0133 e. The minimum absolute atomic E-state index is 0.251. The predicted octanol–water partition coefficient (Wildman–Crippen LogP) is 3.55. The molecule has 0 N–H and O–H groups in total. The van der Waals surface area contributed by atoms with E-state index in [-0.39, 0.29) is 5.41 Å². The van der Waals surface area contributed by atoms with Crippen molar-refractivity contribution in [3.05, 3.63) is 23.8 Å². The van der Waals surface area contributed by atoms with Crippen LogP contribution < -0.4 is 0 Å². The second-order valence-corrected chi connectivity index (χ2v) is 3.73. The number of rotatable bonds is 1. The summed E-state index contributed by atoms with van der Waals surface area (Å²) in [5.41, 5.74) is 2.78. The van der Waals surface area contributed by atoms with E-state index in [2.05, 4.69) is 47.3 Å². The largest absolute Gasteiger partial charge is 0.0958 e. The van der Waals surface area contributed by atoms with Gasteiger partial charge in [-0.3, -0.25) is 0 Å². The lowest BCUT2D eigenvalue weighted by molar-refractivity contribution is 0.510. The van der Waals surface area contributed by atoms with Crippen molar-refractivity contribution in [1.29, 1.82) is 0 Å². The van der Waals surface area contributed by atoms with Crippen LogP contribution in [0.1, 0.15) is 34.6 Å². The molecule has 58 valence electrons. The summed E-state index contributed by atoms with van der Waals surface area (Å²) in [6.07, 6.45) is 2.14. The molecule has 0 amide bonds. The Morgan fingerprint density at radius 1 is 1.30 bits per heavy atom. The molecule has 0 saturated heterocycles. The first kappa shape index (κ1) is 9.48. The zero-order valence-corrected chi connectivity index (χ0v) is 7.78. The van der Waals surface area contributed by atoms with Crippen LogP contribution in [0.4, 0.5) is 0 Å². The molecule has 0 aromatic rings. The third kappa shape index (κ3) is 2.38. The molecular weight excluding hydrogens is 120 g/mol. The van der Waals surface area contributed by atoms with Gasteiger partial charge in [0.1, 0.15) is 0 Å². The molecule has 0 aromatic heterocycles. The highest BCUT2D eigenvalue weighted by Gasteiger charge is 2.15. The van der Waals surface area contributed by atoms with Crippen LogP contribution >= 0.6 is 0 Å². The fourth-order valence-electron chi connectivity index (χ4n) is 1.32. The van der Waals surface area contributed by atoms with Gasteiger partial charge in [-0.15, -0.1) is 0 Å².